The monoisotopic (exact) mass is 400 g/mol. The minimum Gasteiger partial charge on any atom is -0.393 e. The Morgan fingerprint density at radius 2 is 1.21 bits per heavy atom. The summed E-state index contributed by atoms with van der Waals surface area (Å²) in [6.45, 7) is 3.83. The van der Waals surface area contributed by atoms with Crippen molar-refractivity contribution in [2.24, 2.45) is 5.92 Å². The Morgan fingerprint density at radius 1 is 0.750 bits per heavy atom. The summed E-state index contributed by atoms with van der Waals surface area (Å²) in [4.78, 5) is 22.6. The molecule has 5 heteroatoms. The van der Waals surface area contributed by atoms with Crippen LogP contribution in [0.3, 0.4) is 0 Å². The van der Waals surface area contributed by atoms with E-state index in [1.807, 2.05) is 0 Å². The summed E-state index contributed by atoms with van der Waals surface area (Å²) in [5.74, 6) is -0.762. The van der Waals surface area contributed by atoms with Crippen LogP contribution in [0.5, 0.6) is 0 Å². The van der Waals surface area contributed by atoms with Crippen LogP contribution in [0.4, 0.5) is 0 Å². The summed E-state index contributed by atoms with van der Waals surface area (Å²) in [7, 11) is 0. The van der Waals surface area contributed by atoms with Gasteiger partial charge in [-0.2, -0.15) is 0 Å². The third-order valence-electron chi connectivity index (χ3n) is 5.33. The quantitative estimate of drug-likeness (QED) is 0.174. The first kappa shape index (κ1) is 27.1. The number of hydrogen-bond donors (Lipinski definition) is 2. The van der Waals surface area contributed by atoms with Gasteiger partial charge >= 0.3 is 11.9 Å². The second kappa shape index (κ2) is 19.4. The van der Waals surface area contributed by atoms with Crippen LogP contribution in [-0.2, 0) is 14.3 Å². The van der Waals surface area contributed by atoms with Gasteiger partial charge in [-0.15, -0.1) is 0 Å². The van der Waals surface area contributed by atoms with Crippen molar-refractivity contribution in [2.75, 3.05) is 6.61 Å². The third kappa shape index (κ3) is 16.1. The first-order valence-corrected chi connectivity index (χ1v) is 11.6. The number of unbranched alkanes of at least 4 members (excludes halogenated alkanes) is 9. The highest BCUT2D eigenvalue weighted by Gasteiger charge is 2.18. The second-order valence-electron chi connectivity index (χ2n) is 8.01. The second-order valence-corrected chi connectivity index (χ2v) is 8.01. The Morgan fingerprint density at radius 3 is 1.71 bits per heavy atom. The summed E-state index contributed by atoms with van der Waals surface area (Å²) in [5, 5.41) is 17.6. The third-order valence-corrected chi connectivity index (χ3v) is 5.33. The van der Waals surface area contributed by atoms with E-state index in [2.05, 4.69) is 18.6 Å². The number of aliphatic hydroxyl groups excluding tert-OH is 2. The zero-order valence-electron chi connectivity index (χ0n) is 18.3. The van der Waals surface area contributed by atoms with Crippen LogP contribution < -0.4 is 0 Å². The molecule has 0 amide bonds. The molecule has 0 aliphatic carbocycles. The molecule has 0 spiro atoms. The predicted molar refractivity (Wildman–Crippen MR) is 113 cm³/mol. The zero-order valence-corrected chi connectivity index (χ0v) is 18.3. The van der Waals surface area contributed by atoms with E-state index in [9.17, 15) is 9.59 Å². The van der Waals surface area contributed by atoms with Gasteiger partial charge in [-0.1, -0.05) is 104 Å². The van der Waals surface area contributed by atoms with Crippen molar-refractivity contribution in [3.63, 3.8) is 0 Å². The van der Waals surface area contributed by atoms with Crippen LogP contribution >= 0.6 is 0 Å². The highest BCUT2D eigenvalue weighted by molar-refractivity contribution is 5.87. The Bertz CT molecular complexity index is 375. The van der Waals surface area contributed by atoms with Crippen LogP contribution in [-0.4, -0.2) is 34.9 Å². The first-order chi connectivity index (χ1) is 13.5. The van der Waals surface area contributed by atoms with Gasteiger partial charge in [0, 0.05) is 6.42 Å². The molecular formula is C23H44O5. The van der Waals surface area contributed by atoms with Crippen molar-refractivity contribution in [3.8, 4) is 0 Å². The van der Waals surface area contributed by atoms with Gasteiger partial charge in [-0.3, -0.25) is 4.79 Å². The van der Waals surface area contributed by atoms with Gasteiger partial charge in [0.1, 0.15) is 0 Å². The van der Waals surface area contributed by atoms with Crippen molar-refractivity contribution >= 4 is 11.9 Å². The maximum Gasteiger partial charge on any atom is 0.345 e. The van der Waals surface area contributed by atoms with Gasteiger partial charge in [0.05, 0.1) is 6.61 Å². The fourth-order valence-corrected chi connectivity index (χ4v) is 3.49. The van der Waals surface area contributed by atoms with Gasteiger partial charge < -0.3 is 14.9 Å². The molecule has 0 aliphatic rings. The van der Waals surface area contributed by atoms with E-state index in [0.29, 0.717) is 6.42 Å². The average Bonchev–Trinajstić information content (AvgIpc) is 2.69. The molecule has 5 nitrogen and oxygen atoms in total. The molecule has 0 bridgehead atoms. The number of esters is 2. The SMILES string of the molecule is CCCCC(CCCC)CCCCCCCCCCC(=O)OC(=O)C(O)CO. The molecule has 0 aromatic carbocycles. The molecule has 0 rings (SSSR count). The van der Waals surface area contributed by atoms with Gasteiger partial charge in [0.15, 0.2) is 6.10 Å². The lowest BCUT2D eigenvalue weighted by atomic mass is 9.90. The van der Waals surface area contributed by atoms with Crippen LogP contribution in [0, 0.1) is 5.92 Å². The topological polar surface area (TPSA) is 83.8 Å². The van der Waals surface area contributed by atoms with Crippen molar-refractivity contribution in [3.05, 3.63) is 0 Å². The number of ether oxygens (including phenoxy) is 1. The first-order valence-electron chi connectivity index (χ1n) is 11.6. The van der Waals surface area contributed by atoms with E-state index in [4.69, 9.17) is 10.2 Å². The minimum atomic E-state index is -1.63. The Balaban J connectivity index is 3.53. The minimum absolute atomic E-state index is 0.181. The molecule has 0 aromatic heterocycles. The lowest BCUT2D eigenvalue weighted by Gasteiger charge is -2.16. The molecule has 0 aliphatic heterocycles. The largest absolute Gasteiger partial charge is 0.393 e. The maximum absolute atomic E-state index is 11.4. The maximum atomic E-state index is 11.4. The van der Waals surface area contributed by atoms with E-state index in [-0.39, 0.29) is 6.42 Å². The molecule has 28 heavy (non-hydrogen) atoms. The molecule has 0 saturated carbocycles. The zero-order chi connectivity index (χ0) is 21.0. The van der Waals surface area contributed by atoms with E-state index < -0.39 is 24.6 Å². The number of carbonyl (C=O) groups is 2. The predicted octanol–water partition coefficient (Wildman–Crippen LogP) is 5.31. The molecule has 0 radical (unpaired) electrons. The lowest BCUT2D eigenvalue weighted by molar-refractivity contribution is -0.167. The summed E-state index contributed by atoms with van der Waals surface area (Å²) in [6, 6.07) is 0. The molecule has 0 saturated heterocycles. The van der Waals surface area contributed by atoms with Gasteiger partial charge in [0.25, 0.3) is 0 Å². The molecule has 0 heterocycles. The number of rotatable bonds is 19. The summed E-state index contributed by atoms with van der Waals surface area (Å²) < 4.78 is 4.46. The van der Waals surface area contributed by atoms with E-state index in [1.54, 1.807) is 0 Å². The molecule has 0 fully saturated rings. The molecule has 0 aromatic rings. The highest BCUT2D eigenvalue weighted by atomic mass is 16.6. The van der Waals surface area contributed by atoms with Crippen molar-refractivity contribution in [1.29, 1.82) is 0 Å². The molecular weight excluding hydrogens is 356 g/mol. The average molecular weight is 401 g/mol. The van der Waals surface area contributed by atoms with Crippen molar-refractivity contribution in [1.82, 2.24) is 0 Å². The van der Waals surface area contributed by atoms with Gasteiger partial charge in [-0.05, 0) is 12.3 Å². The molecule has 2 N–H and O–H groups in total. The molecule has 1 atom stereocenters. The van der Waals surface area contributed by atoms with E-state index in [1.165, 1.54) is 77.0 Å². The van der Waals surface area contributed by atoms with Crippen LogP contribution in [0.25, 0.3) is 0 Å². The molecule has 1 unspecified atom stereocenters. The Hall–Kier alpha value is -0.940. The number of aliphatic hydroxyl groups is 2. The van der Waals surface area contributed by atoms with Gasteiger partial charge in [-0.25, -0.2) is 4.79 Å². The molecule has 166 valence electrons. The lowest BCUT2D eigenvalue weighted by Crippen LogP contribution is -2.28. The number of carbonyl (C=O) groups excluding carboxylic acids is 2. The van der Waals surface area contributed by atoms with Crippen LogP contribution in [0.15, 0.2) is 0 Å². The summed E-state index contributed by atoms with van der Waals surface area (Å²) in [6.07, 6.45) is 17.3. The van der Waals surface area contributed by atoms with Crippen molar-refractivity contribution < 1.29 is 24.5 Å². The summed E-state index contributed by atoms with van der Waals surface area (Å²) >= 11 is 0. The van der Waals surface area contributed by atoms with E-state index >= 15 is 0 Å². The standard InChI is InChI=1S/C23H44O5/c1-3-5-15-20(16-6-4-2)17-13-11-9-7-8-10-12-14-18-22(26)28-23(27)21(25)19-24/h20-21,24-25H,3-19H2,1-2H3. The smallest absolute Gasteiger partial charge is 0.345 e. The van der Waals surface area contributed by atoms with Crippen LogP contribution in [0.1, 0.15) is 117 Å². The van der Waals surface area contributed by atoms with Gasteiger partial charge in [0.2, 0.25) is 0 Å². The number of hydrogen-bond acceptors (Lipinski definition) is 5. The fourth-order valence-electron chi connectivity index (χ4n) is 3.49. The highest BCUT2D eigenvalue weighted by Crippen LogP contribution is 2.23. The fraction of sp³-hybridized carbons (Fsp3) is 0.913. The van der Waals surface area contributed by atoms with E-state index in [0.717, 1.165) is 18.8 Å². The summed E-state index contributed by atoms with van der Waals surface area (Å²) in [5.41, 5.74) is 0. The Kier molecular flexibility index (Phi) is 18.7. The normalized spacial score (nSPS) is 12.3. The van der Waals surface area contributed by atoms with Crippen molar-refractivity contribution in [2.45, 2.75) is 123 Å². The van der Waals surface area contributed by atoms with Crippen LogP contribution in [0.2, 0.25) is 0 Å². The Labute approximate surface area is 172 Å².